The fraction of sp³-hybridized carbons (Fsp3) is 0. The van der Waals surface area contributed by atoms with Crippen LogP contribution in [0.15, 0.2) is 233 Å². The Labute approximate surface area is 358 Å². The highest BCUT2D eigenvalue weighted by Crippen LogP contribution is 2.46. The van der Waals surface area contributed by atoms with Gasteiger partial charge in [0.05, 0.1) is 0 Å². The maximum Gasteiger partial charge on any atom is 0.227 e. The maximum atomic E-state index is 6.97. The Morgan fingerprint density at radius 3 is 1.45 bits per heavy atom. The molecule has 0 bridgehead atoms. The van der Waals surface area contributed by atoms with E-state index >= 15 is 0 Å². The first-order valence-corrected chi connectivity index (χ1v) is 20.9. The number of furan rings is 1. The molecule has 0 saturated heterocycles. The average Bonchev–Trinajstić information content (AvgIpc) is 3.96. The third kappa shape index (κ3) is 6.06. The number of oxazole rings is 1. The van der Waals surface area contributed by atoms with Gasteiger partial charge in [0, 0.05) is 61.2 Å². The summed E-state index contributed by atoms with van der Waals surface area (Å²) in [6, 6.07) is 78.6. The van der Waals surface area contributed by atoms with Crippen LogP contribution in [-0.4, -0.2) is 4.98 Å². The lowest BCUT2D eigenvalue weighted by Gasteiger charge is -2.30. The predicted molar refractivity (Wildman–Crippen MR) is 257 cm³/mol. The molecular formula is C57H37N3O2. The summed E-state index contributed by atoms with van der Waals surface area (Å²) in [6.07, 6.45) is 0. The third-order valence-electron chi connectivity index (χ3n) is 11.8. The van der Waals surface area contributed by atoms with Crippen LogP contribution in [-0.2, 0) is 0 Å². The van der Waals surface area contributed by atoms with Crippen molar-refractivity contribution < 1.29 is 8.83 Å². The highest BCUT2D eigenvalue weighted by molar-refractivity contribution is 6.23. The van der Waals surface area contributed by atoms with Crippen molar-refractivity contribution in [1.29, 1.82) is 0 Å². The van der Waals surface area contributed by atoms with Gasteiger partial charge in [0.2, 0.25) is 5.89 Å². The molecule has 12 rings (SSSR count). The molecule has 292 valence electrons. The van der Waals surface area contributed by atoms with Crippen LogP contribution in [0.2, 0.25) is 0 Å². The summed E-state index contributed by atoms with van der Waals surface area (Å²) in [7, 11) is 0. The number of nitrogens with zero attached hydrogens (tertiary/aromatic N) is 3. The topological polar surface area (TPSA) is 45.7 Å². The van der Waals surface area contributed by atoms with Crippen LogP contribution in [0.1, 0.15) is 0 Å². The highest BCUT2D eigenvalue weighted by Gasteiger charge is 2.23. The van der Waals surface area contributed by atoms with E-state index in [4.69, 9.17) is 13.8 Å². The molecule has 0 aliphatic carbocycles. The first-order chi connectivity index (χ1) is 30.7. The van der Waals surface area contributed by atoms with E-state index in [0.717, 1.165) is 99.8 Å². The monoisotopic (exact) mass is 795 g/mol. The van der Waals surface area contributed by atoms with Gasteiger partial charge < -0.3 is 18.6 Å². The lowest BCUT2D eigenvalue weighted by molar-refractivity contribution is 0.623. The van der Waals surface area contributed by atoms with Crippen LogP contribution in [0.5, 0.6) is 0 Å². The Morgan fingerprint density at radius 1 is 0.290 bits per heavy atom. The second-order valence-electron chi connectivity index (χ2n) is 15.6. The zero-order valence-electron chi connectivity index (χ0n) is 33.5. The number of fused-ring (bicyclic) bond motifs is 9. The van der Waals surface area contributed by atoms with E-state index < -0.39 is 0 Å². The second kappa shape index (κ2) is 14.7. The third-order valence-corrected chi connectivity index (χ3v) is 11.8. The van der Waals surface area contributed by atoms with Crippen molar-refractivity contribution in [2.45, 2.75) is 0 Å². The van der Waals surface area contributed by atoms with Gasteiger partial charge in [0.1, 0.15) is 16.7 Å². The normalized spacial score (nSPS) is 11.5. The van der Waals surface area contributed by atoms with Crippen molar-refractivity contribution in [3.05, 3.63) is 224 Å². The second-order valence-corrected chi connectivity index (χ2v) is 15.6. The molecule has 0 unspecified atom stereocenters. The quantitative estimate of drug-likeness (QED) is 0.143. The zero-order chi connectivity index (χ0) is 41.0. The lowest BCUT2D eigenvalue weighted by Crippen LogP contribution is -2.13. The predicted octanol–water partition coefficient (Wildman–Crippen LogP) is 16.3. The molecule has 0 saturated carbocycles. The molecular weight excluding hydrogens is 759 g/mol. The Hall–Kier alpha value is -8.41. The number of hydrogen-bond acceptors (Lipinski definition) is 5. The molecule has 5 heteroatoms. The largest absolute Gasteiger partial charge is 0.456 e. The summed E-state index contributed by atoms with van der Waals surface area (Å²) in [5, 5.41) is 6.51. The molecule has 2 heterocycles. The van der Waals surface area contributed by atoms with Crippen molar-refractivity contribution in [1.82, 2.24) is 4.98 Å². The number of hydrogen-bond donors (Lipinski definition) is 0. The molecule has 2 aromatic heterocycles. The summed E-state index contributed by atoms with van der Waals surface area (Å²) < 4.78 is 13.3. The van der Waals surface area contributed by atoms with E-state index in [1.807, 2.05) is 12.1 Å². The smallest absolute Gasteiger partial charge is 0.227 e. The molecule has 0 atom stereocenters. The van der Waals surface area contributed by atoms with Gasteiger partial charge in [-0.2, -0.15) is 0 Å². The molecule has 62 heavy (non-hydrogen) atoms. The lowest BCUT2D eigenvalue weighted by atomic mass is 10.0. The van der Waals surface area contributed by atoms with Gasteiger partial charge in [-0.1, -0.05) is 146 Å². The molecule has 0 N–H and O–H groups in total. The Balaban J connectivity index is 1.12. The van der Waals surface area contributed by atoms with E-state index in [1.54, 1.807) is 0 Å². The maximum absolute atomic E-state index is 6.97. The molecule has 5 nitrogen and oxygen atoms in total. The van der Waals surface area contributed by atoms with Crippen molar-refractivity contribution in [2.24, 2.45) is 0 Å². The number of para-hydroxylation sites is 3. The van der Waals surface area contributed by atoms with E-state index in [-0.39, 0.29) is 0 Å². The van der Waals surface area contributed by atoms with Crippen molar-refractivity contribution in [2.75, 3.05) is 9.80 Å². The molecule has 0 aliphatic rings. The number of benzene rings is 10. The zero-order valence-corrected chi connectivity index (χ0v) is 33.5. The van der Waals surface area contributed by atoms with Gasteiger partial charge >= 0.3 is 0 Å². The van der Waals surface area contributed by atoms with Crippen molar-refractivity contribution in [3.8, 4) is 22.6 Å². The fourth-order valence-corrected chi connectivity index (χ4v) is 8.96. The summed E-state index contributed by atoms with van der Waals surface area (Å²) in [6.45, 7) is 0. The van der Waals surface area contributed by atoms with Crippen LogP contribution in [0.4, 0.5) is 34.1 Å². The van der Waals surface area contributed by atoms with Crippen LogP contribution in [0, 0.1) is 0 Å². The van der Waals surface area contributed by atoms with Crippen LogP contribution >= 0.6 is 0 Å². The standard InChI is InChI=1S/C57H37N3O2/c1-4-16-38(17-5-1)39-28-30-43(31-29-39)59(41-18-6-2-7-19-41)45-34-40(57-58-55-50-25-12-10-22-47(50)48-23-11-13-26-51(48)56(55)62-57)35-46(36-45)60(42-20-8-3-9-21-42)44-32-33-54-52(37-44)49-24-14-15-27-53(49)61-54/h1-37H. The minimum Gasteiger partial charge on any atom is -0.456 e. The van der Waals surface area contributed by atoms with Crippen molar-refractivity contribution >= 4 is 88.7 Å². The molecule has 0 spiro atoms. The van der Waals surface area contributed by atoms with Crippen molar-refractivity contribution in [3.63, 3.8) is 0 Å². The van der Waals surface area contributed by atoms with Gasteiger partial charge in [0.15, 0.2) is 5.58 Å². The van der Waals surface area contributed by atoms with E-state index in [9.17, 15) is 0 Å². The minimum atomic E-state index is 0.543. The van der Waals surface area contributed by atoms with Gasteiger partial charge in [-0.3, -0.25) is 0 Å². The van der Waals surface area contributed by atoms with Crippen LogP contribution in [0.3, 0.4) is 0 Å². The average molecular weight is 796 g/mol. The number of anilines is 6. The Morgan fingerprint density at radius 2 is 0.774 bits per heavy atom. The summed E-state index contributed by atoms with van der Waals surface area (Å²) in [4.78, 5) is 9.97. The SMILES string of the molecule is c1ccc(-c2ccc(N(c3ccccc3)c3cc(-c4nc5c6ccccc6c6ccccc6c5o4)cc(N(c4ccccc4)c4ccc5oc6ccccc6c5c4)c3)cc2)cc1. The molecule has 0 amide bonds. The Kier molecular flexibility index (Phi) is 8.42. The van der Waals surface area contributed by atoms with Gasteiger partial charge in [-0.25, -0.2) is 4.98 Å². The first kappa shape index (κ1) is 35.5. The molecule has 10 aromatic carbocycles. The number of rotatable bonds is 8. The van der Waals surface area contributed by atoms with Crippen LogP contribution < -0.4 is 9.80 Å². The Bertz CT molecular complexity index is 3510. The number of aromatic nitrogens is 1. The summed E-state index contributed by atoms with van der Waals surface area (Å²) in [5.41, 5.74) is 12.4. The van der Waals surface area contributed by atoms with E-state index in [0.29, 0.717) is 5.89 Å². The van der Waals surface area contributed by atoms with E-state index in [1.165, 1.54) is 5.56 Å². The van der Waals surface area contributed by atoms with Gasteiger partial charge in [-0.15, -0.1) is 0 Å². The summed E-state index contributed by atoms with van der Waals surface area (Å²) in [5.74, 6) is 0.543. The molecule has 0 aliphatic heterocycles. The van der Waals surface area contributed by atoms with Crippen LogP contribution in [0.25, 0.3) is 77.2 Å². The van der Waals surface area contributed by atoms with E-state index in [2.05, 4.69) is 222 Å². The molecule has 0 fully saturated rings. The first-order valence-electron chi connectivity index (χ1n) is 20.9. The fourth-order valence-electron chi connectivity index (χ4n) is 8.96. The van der Waals surface area contributed by atoms with Gasteiger partial charge in [-0.05, 0) is 101 Å². The highest BCUT2D eigenvalue weighted by atomic mass is 16.3. The molecule has 12 aromatic rings. The minimum absolute atomic E-state index is 0.543. The summed E-state index contributed by atoms with van der Waals surface area (Å²) >= 11 is 0. The van der Waals surface area contributed by atoms with Gasteiger partial charge in [0.25, 0.3) is 0 Å². The molecule has 0 radical (unpaired) electrons.